The summed E-state index contributed by atoms with van der Waals surface area (Å²) in [6.45, 7) is 5.87. The van der Waals surface area contributed by atoms with Crippen LogP contribution in [0.5, 0.6) is 0 Å². The minimum atomic E-state index is -0.191. The van der Waals surface area contributed by atoms with Crippen LogP contribution in [0.4, 0.5) is 0 Å². The van der Waals surface area contributed by atoms with Crippen molar-refractivity contribution in [2.24, 2.45) is 0 Å². The SMILES string of the molecule is CC1OC(C)(C)CCC1=O. The van der Waals surface area contributed by atoms with E-state index in [4.69, 9.17) is 4.74 Å². The molecule has 0 aliphatic carbocycles. The summed E-state index contributed by atoms with van der Waals surface area (Å²) >= 11 is 0. The second-order valence-corrected chi connectivity index (χ2v) is 3.49. The van der Waals surface area contributed by atoms with Crippen molar-refractivity contribution in [3.63, 3.8) is 0 Å². The Morgan fingerprint density at radius 3 is 2.60 bits per heavy atom. The quantitative estimate of drug-likeness (QED) is 0.512. The minimum Gasteiger partial charge on any atom is -0.365 e. The minimum absolute atomic E-state index is 0.0900. The second kappa shape index (κ2) is 2.35. The highest BCUT2D eigenvalue weighted by Crippen LogP contribution is 2.25. The molecule has 0 aromatic rings. The molecule has 1 heterocycles. The summed E-state index contributed by atoms with van der Waals surface area (Å²) in [5.74, 6) is 0.235. The third-order valence-corrected chi connectivity index (χ3v) is 1.92. The molecule has 2 heteroatoms. The predicted octanol–water partition coefficient (Wildman–Crippen LogP) is 1.53. The summed E-state index contributed by atoms with van der Waals surface area (Å²) < 4.78 is 5.44. The van der Waals surface area contributed by atoms with E-state index >= 15 is 0 Å². The van der Waals surface area contributed by atoms with E-state index in [1.807, 2.05) is 20.8 Å². The summed E-state index contributed by atoms with van der Waals surface area (Å²) in [6, 6.07) is 0. The normalized spacial score (nSPS) is 32.3. The van der Waals surface area contributed by atoms with Gasteiger partial charge in [0.05, 0.1) is 5.60 Å². The van der Waals surface area contributed by atoms with E-state index in [1.165, 1.54) is 0 Å². The van der Waals surface area contributed by atoms with Gasteiger partial charge in [0, 0.05) is 6.42 Å². The molecule has 1 aliphatic heterocycles. The van der Waals surface area contributed by atoms with Crippen LogP contribution in [0.1, 0.15) is 33.6 Å². The zero-order chi connectivity index (χ0) is 7.78. The van der Waals surface area contributed by atoms with Gasteiger partial charge in [-0.3, -0.25) is 4.79 Å². The van der Waals surface area contributed by atoms with Gasteiger partial charge in [-0.1, -0.05) is 0 Å². The Bertz CT molecular complexity index is 149. The maximum Gasteiger partial charge on any atom is 0.161 e. The summed E-state index contributed by atoms with van der Waals surface area (Å²) in [7, 11) is 0. The molecule has 1 saturated heterocycles. The fraction of sp³-hybridized carbons (Fsp3) is 0.875. The summed E-state index contributed by atoms with van der Waals surface area (Å²) in [5.41, 5.74) is -0.0900. The van der Waals surface area contributed by atoms with Crippen LogP contribution < -0.4 is 0 Å². The Morgan fingerprint density at radius 1 is 1.60 bits per heavy atom. The standard InChI is InChI=1S/C8H14O2/c1-6-7(9)4-5-8(2,3)10-6/h6H,4-5H2,1-3H3. The van der Waals surface area contributed by atoms with Crippen LogP contribution in [0.3, 0.4) is 0 Å². The Morgan fingerprint density at radius 2 is 2.20 bits per heavy atom. The van der Waals surface area contributed by atoms with Crippen molar-refractivity contribution in [3.05, 3.63) is 0 Å². The maximum absolute atomic E-state index is 11.0. The first-order chi connectivity index (χ1) is 4.51. The number of hydrogen-bond acceptors (Lipinski definition) is 2. The molecule has 1 aliphatic rings. The predicted molar refractivity (Wildman–Crippen MR) is 38.9 cm³/mol. The van der Waals surface area contributed by atoms with Crippen LogP contribution in [0, 0.1) is 0 Å². The molecule has 0 bridgehead atoms. The van der Waals surface area contributed by atoms with Crippen molar-refractivity contribution < 1.29 is 9.53 Å². The van der Waals surface area contributed by atoms with Gasteiger partial charge in [-0.25, -0.2) is 0 Å². The molecule has 58 valence electrons. The van der Waals surface area contributed by atoms with E-state index in [0.29, 0.717) is 6.42 Å². The summed E-state index contributed by atoms with van der Waals surface area (Å²) in [4.78, 5) is 11.0. The Kier molecular flexibility index (Phi) is 1.82. The Labute approximate surface area is 61.6 Å². The largest absolute Gasteiger partial charge is 0.365 e. The van der Waals surface area contributed by atoms with Gasteiger partial charge in [0.1, 0.15) is 6.10 Å². The number of ketones is 1. The lowest BCUT2D eigenvalue weighted by Crippen LogP contribution is -2.39. The lowest BCUT2D eigenvalue weighted by Gasteiger charge is -2.33. The molecule has 0 aromatic heterocycles. The van der Waals surface area contributed by atoms with Gasteiger partial charge in [-0.05, 0) is 27.2 Å². The van der Waals surface area contributed by atoms with Crippen molar-refractivity contribution in [2.45, 2.75) is 45.3 Å². The van der Waals surface area contributed by atoms with Gasteiger partial charge >= 0.3 is 0 Å². The lowest BCUT2D eigenvalue weighted by atomic mass is 9.95. The number of carbonyl (C=O) groups is 1. The van der Waals surface area contributed by atoms with Gasteiger partial charge in [0.2, 0.25) is 0 Å². The summed E-state index contributed by atoms with van der Waals surface area (Å²) in [6.07, 6.45) is 1.34. The van der Waals surface area contributed by atoms with Gasteiger partial charge < -0.3 is 4.74 Å². The first-order valence-corrected chi connectivity index (χ1v) is 3.72. The van der Waals surface area contributed by atoms with Crippen LogP contribution >= 0.6 is 0 Å². The molecule has 0 saturated carbocycles. The van der Waals surface area contributed by atoms with E-state index in [2.05, 4.69) is 0 Å². The van der Waals surface area contributed by atoms with E-state index in [9.17, 15) is 4.79 Å². The van der Waals surface area contributed by atoms with Gasteiger partial charge in [0.15, 0.2) is 5.78 Å². The van der Waals surface area contributed by atoms with Crippen molar-refractivity contribution in [3.8, 4) is 0 Å². The second-order valence-electron chi connectivity index (χ2n) is 3.49. The molecule has 1 fully saturated rings. The molecular formula is C8H14O2. The number of Topliss-reactive ketones (excluding diaryl/α,β-unsaturated/α-hetero) is 1. The molecule has 0 aromatic carbocycles. The van der Waals surface area contributed by atoms with Crippen LogP contribution in [0.25, 0.3) is 0 Å². The molecule has 1 rings (SSSR count). The molecule has 1 unspecified atom stereocenters. The average molecular weight is 142 g/mol. The van der Waals surface area contributed by atoms with Crippen LogP contribution in [-0.4, -0.2) is 17.5 Å². The van der Waals surface area contributed by atoms with E-state index in [0.717, 1.165) is 6.42 Å². The monoisotopic (exact) mass is 142 g/mol. The first kappa shape index (κ1) is 7.73. The number of rotatable bonds is 0. The molecule has 10 heavy (non-hydrogen) atoms. The molecule has 0 radical (unpaired) electrons. The third-order valence-electron chi connectivity index (χ3n) is 1.92. The molecule has 1 atom stereocenters. The topological polar surface area (TPSA) is 26.3 Å². The van der Waals surface area contributed by atoms with Crippen LogP contribution in [0.15, 0.2) is 0 Å². The van der Waals surface area contributed by atoms with Crippen LogP contribution in [-0.2, 0) is 9.53 Å². The first-order valence-electron chi connectivity index (χ1n) is 3.72. The maximum atomic E-state index is 11.0. The fourth-order valence-electron chi connectivity index (χ4n) is 1.23. The van der Waals surface area contributed by atoms with Crippen molar-refractivity contribution in [1.29, 1.82) is 0 Å². The van der Waals surface area contributed by atoms with Crippen molar-refractivity contribution in [2.75, 3.05) is 0 Å². The number of hydrogen-bond donors (Lipinski definition) is 0. The highest BCUT2D eigenvalue weighted by atomic mass is 16.5. The molecular weight excluding hydrogens is 128 g/mol. The highest BCUT2D eigenvalue weighted by molar-refractivity contribution is 5.83. The zero-order valence-corrected chi connectivity index (χ0v) is 6.81. The average Bonchev–Trinajstić information content (AvgIpc) is 1.79. The van der Waals surface area contributed by atoms with Gasteiger partial charge in [0.25, 0.3) is 0 Å². The number of carbonyl (C=O) groups excluding carboxylic acids is 1. The highest BCUT2D eigenvalue weighted by Gasteiger charge is 2.31. The lowest BCUT2D eigenvalue weighted by molar-refractivity contribution is -0.151. The molecule has 2 nitrogen and oxygen atoms in total. The Balaban J connectivity index is 2.57. The third kappa shape index (κ3) is 1.57. The fourth-order valence-corrected chi connectivity index (χ4v) is 1.23. The van der Waals surface area contributed by atoms with Gasteiger partial charge in [-0.15, -0.1) is 0 Å². The zero-order valence-electron chi connectivity index (χ0n) is 6.81. The number of ether oxygens (including phenoxy) is 1. The van der Waals surface area contributed by atoms with Crippen LogP contribution in [0.2, 0.25) is 0 Å². The van der Waals surface area contributed by atoms with E-state index in [-0.39, 0.29) is 17.5 Å². The smallest absolute Gasteiger partial charge is 0.161 e. The van der Waals surface area contributed by atoms with Gasteiger partial charge in [-0.2, -0.15) is 0 Å². The Hall–Kier alpha value is -0.370. The van der Waals surface area contributed by atoms with Crippen molar-refractivity contribution >= 4 is 5.78 Å². The van der Waals surface area contributed by atoms with Crippen molar-refractivity contribution in [1.82, 2.24) is 0 Å². The molecule has 0 spiro atoms. The molecule has 0 N–H and O–H groups in total. The molecule has 0 amide bonds. The van der Waals surface area contributed by atoms with E-state index in [1.54, 1.807) is 0 Å². The van der Waals surface area contributed by atoms with E-state index < -0.39 is 0 Å². The summed E-state index contributed by atoms with van der Waals surface area (Å²) in [5, 5.41) is 0.